The van der Waals surface area contributed by atoms with Crippen molar-refractivity contribution in [1.29, 1.82) is 0 Å². The number of aromatic nitrogens is 1. The van der Waals surface area contributed by atoms with E-state index in [9.17, 15) is 22.8 Å². The van der Waals surface area contributed by atoms with E-state index in [-0.39, 0.29) is 29.1 Å². The Kier molecular flexibility index (Phi) is 10.9. The van der Waals surface area contributed by atoms with Crippen LogP contribution < -0.4 is 19.7 Å². The number of benzene rings is 2. The number of nitrogens with one attached hydrogen (secondary N) is 2. The monoisotopic (exact) mass is 566 g/mol. The molecule has 0 aliphatic heterocycles. The molecule has 0 spiro atoms. The number of amides is 2. The number of hydrogen-bond acceptors (Lipinski definition) is 7. The summed E-state index contributed by atoms with van der Waals surface area (Å²) in [4.78, 5) is 43.4. The highest BCUT2D eigenvalue weighted by molar-refractivity contribution is 7.89. The van der Waals surface area contributed by atoms with Gasteiger partial charge in [-0.2, -0.15) is 0 Å². The summed E-state index contributed by atoms with van der Waals surface area (Å²) < 4.78 is 34.0. The first-order valence-corrected chi connectivity index (χ1v) is 14.3. The molecule has 0 bridgehead atoms. The van der Waals surface area contributed by atoms with Crippen LogP contribution in [0, 0.1) is 5.92 Å². The summed E-state index contributed by atoms with van der Waals surface area (Å²) in [7, 11) is -4.09. The Labute approximate surface area is 234 Å². The third kappa shape index (κ3) is 8.72. The average Bonchev–Trinajstić information content (AvgIpc) is 2.94. The number of pyridine rings is 1. The number of anilines is 1. The van der Waals surface area contributed by atoms with E-state index in [1.807, 2.05) is 44.2 Å². The van der Waals surface area contributed by atoms with Crippen LogP contribution in [-0.4, -0.2) is 50.1 Å². The molecule has 0 fully saturated rings. The van der Waals surface area contributed by atoms with Crippen molar-refractivity contribution in [3.05, 3.63) is 84.7 Å². The predicted octanol–water partition coefficient (Wildman–Crippen LogP) is 3.09. The lowest BCUT2D eigenvalue weighted by Gasteiger charge is -2.31. The van der Waals surface area contributed by atoms with Gasteiger partial charge in [0.25, 0.3) is 0 Å². The average molecular weight is 567 g/mol. The Morgan fingerprint density at radius 1 is 0.925 bits per heavy atom. The molecular formula is C29H34N4O6S. The van der Waals surface area contributed by atoms with Gasteiger partial charge >= 0.3 is 0 Å². The van der Waals surface area contributed by atoms with E-state index in [0.717, 1.165) is 5.56 Å². The van der Waals surface area contributed by atoms with Gasteiger partial charge in [-0.05, 0) is 42.2 Å². The number of nitrogens with zero attached hydrogens (tertiary/aromatic N) is 2. The molecular weight excluding hydrogens is 532 g/mol. The van der Waals surface area contributed by atoms with E-state index in [2.05, 4.69) is 15.0 Å². The van der Waals surface area contributed by atoms with Gasteiger partial charge in [0.1, 0.15) is 23.3 Å². The van der Waals surface area contributed by atoms with Crippen LogP contribution in [0.3, 0.4) is 0 Å². The van der Waals surface area contributed by atoms with Crippen molar-refractivity contribution in [3.8, 4) is 5.75 Å². The normalized spacial score (nSPS) is 12.0. The first-order valence-electron chi connectivity index (χ1n) is 12.8. The zero-order valence-electron chi connectivity index (χ0n) is 22.7. The van der Waals surface area contributed by atoms with E-state index in [0.29, 0.717) is 12.1 Å². The van der Waals surface area contributed by atoms with Gasteiger partial charge < -0.3 is 15.0 Å². The summed E-state index contributed by atoms with van der Waals surface area (Å²) in [6.07, 6.45) is 3.40. The molecule has 3 rings (SSSR count). The molecule has 212 valence electrons. The third-order valence-electron chi connectivity index (χ3n) is 5.88. The van der Waals surface area contributed by atoms with Crippen LogP contribution in [0.15, 0.2) is 84.0 Å². The maximum absolute atomic E-state index is 13.1. The fourth-order valence-electron chi connectivity index (χ4n) is 4.01. The second-order valence-corrected chi connectivity index (χ2v) is 11.3. The molecule has 0 saturated heterocycles. The van der Waals surface area contributed by atoms with Crippen LogP contribution in [0.4, 0.5) is 5.69 Å². The largest absolute Gasteiger partial charge is 0.487 e. The van der Waals surface area contributed by atoms with Gasteiger partial charge in [-0.25, -0.2) is 13.1 Å². The van der Waals surface area contributed by atoms with Crippen molar-refractivity contribution in [1.82, 2.24) is 15.0 Å². The molecule has 0 aliphatic carbocycles. The summed E-state index contributed by atoms with van der Waals surface area (Å²) in [6.45, 7) is 4.43. The molecule has 40 heavy (non-hydrogen) atoms. The number of Topliss-reactive ketones (excluding diaryl/α,β-unsaturated/α-hetero) is 1. The molecule has 1 atom stereocenters. The first kappa shape index (κ1) is 30.5. The molecule has 0 saturated carbocycles. The minimum atomic E-state index is -4.09. The van der Waals surface area contributed by atoms with E-state index in [4.69, 9.17) is 4.74 Å². The smallest absolute Gasteiger partial charge is 0.244 e. The van der Waals surface area contributed by atoms with Gasteiger partial charge in [-0.3, -0.25) is 19.4 Å². The number of hydrogen-bond donors (Lipinski definition) is 2. The number of ether oxygens (including phenoxy) is 1. The molecule has 2 amide bonds. The zero-order valence-corrected chi connectivity index (χ0v) is 23.6. The van der Waals surface area contributed by atoms with Crippen molar-refractivity contribution >= 4 is 33.3 Å². The molecule has 2 N–H and O–H groups in total. The van der Waals surface area contributed by atoms with Crippen molar-refractivity contribution in [3.63, 3.8) is 0 Å². The third-order valence-corrected chi connectivity index (χ3v) is 7.32. The molecule has 11 heteroatoms. The van der Waals surface area contributed by atoms with Crippen LogP contribution in [0.2, 0.25) is 0 Å². The van der Waals surface area contributed by atoms with Gasteiger partial charge in [0.15, 0.2) is 5.78 Å². The Hall–Kier alpha value is -4.09. The SMILES string of the molecule is CC(=O)N(c1ccncc1)[C@@H](CC(C)C)C(=O)NCC(=O)CNS(=O)(=O)c1ccccc1OCc1ccccc1. The van der Waals surface area contributed by atoms with Crippen LogP contribution in [0.1, 0.15) is 32.8 Å². The molecule has 3 aromatic rings. The maximum Gasteiger partial charge on any atom is 0.244 e. The fourth-order valence-corrected chi connectivity index (χ4v) is 5.16. The van der Waals surface area contributed by atoms with E-state index in [1.165, 1.54) is 36.4 Å². The fraction of sp³-hybridized carbons (Fsp3) is 0.310. The molecule has 0 radical (unpaired) electrons. The van der Waals surface area contributed by atoms with Gasteiger partial charge in [0.2, 0.25) is 21.8 Å². The Morgan fingerprint density at radius 3 is 2.23 bits per heavy atom. The predicted molar refractivity (Wildman–Crippen MR) is 151 cm³/mol. The Bertz CT molecular complexity index is 1400. The van der Waals surface area contributed by atoms with Crippen LogP contribution >= 0.6 is 0 Å². The van der Waals surface area contributed by atoms with E-state index >= 15 is 0 Å². The van der Waals surface area contributed by atoms with Gasteiger partial charge in [-0.1, -0.05) is 56.3 Å². The number of para-hydroxylation sites is 1. The number of carbonyl (C=O) groups excluding carboxylic acids is 3. The Morgan fingerprint density at radius 2 is 1.57 bits per heavy atom. The quantitative estimate of drug-likeness (QED) is 0.306. The number of sulfonamides is 1. The second kappa shape index (κ2) is 14.3. The summed E-state index contributed by atoms with van der Waals surface area (Å²) in [6, 6.07) is 17.8. The molecule has 1 heterocycles. The van der Waals surface area contributed by atoms with Crippen molar-refractivity contribution < 1.29 is 27.5 Å². The van der Waals surface area contributed by atoms with Crippen molar-refractivity contribution in [2.24, 2.45) is 5.92 Å². The first-order chi connectivity index (χ1) is 19.1. The van der Waals surface area contributed by atoms with Gasteiger partial charge in [0.05, 0.1) is 13.1 Å². The number of rotatable bonds is 14. The second-order valence-electron chi connectivity index (χ2n) is 9.54. The number of ketones is 1. The molecule has 0 aliphatic rings. The van der Waals surface area contributed by atoms with Gasteiger partial charge in [0, 0.05) is 25.0 Å². The molecule has 10 nitrogen and oxygen atoms in total. The molecule has 0 unspecified atom stereocenters. The topological polar surface area (TPSA) is 135 Å². The summed E-state index contributed by atoms with van der Waals surface area (Å²) in [5.74, 6) is -1.18. The van der Waals surface area contributed by atoms with Gasteiger partial charge in [-0.15, -0.1) is 0 Å². The van der Waals surface area contributed by atoms with Crippen molar-refractivity contribution in [2.75, 3.05) is 18.0 Å². The standard InChI is InChI=1S/C29H34N4O6S/c1-21(2)17-26(33(22(3)34)24-13-15-30-16-14-24)29(36)31-18-25(35)19-32-40(37,38)28-12-8-7-11-27(28)39-20-23-9-5-4-6-10-23/h4-16,21,26,32H,17-20H2,1-3H3,(H,31,36)/t26-/m0/s1. The zero-order chi connectivity index (χ0) is 29.1. The lowest BCUT2D eigenvalue weighted by atomic mass is 10.0. The molecule has 1 aromatic heterocycles. The van der Waals surface area contributed by atoms with Crippen LogP contribution in [-0.2, 0) is 31.0 Å². The van der Waals surface area contributed by atoms with E-state index in [1.54, 1.807) is 24.3 Å². The summed E-state index contributed by atoms with van der Waals surface area (Å²) in [5, 5.41) is 2.56. The number of carbonyl (C=O) groups is 3. The maximum atomic E-state index is 13.1. The van der Waals surface area contributed by atoms with Crippen molar-refractivity contribution in [2.45, 2.75) is 44.7 Å². The van der Waals surface area contributed by atoms with Crippen LogP contribution in [0.5, 0.6) is 5.75 Å². The highest BCUT2D eigenvalue weighted by Crippen LogP contribution is 2.24. The lowest BCUT2D eigenvalue weighted by Crippen LogP contribution is -2.51. The summed E-state index contributed by atoms with van der Waals surface area (Å²) in [5.41, 5.74) is 1.38. The summed E-state index contributed by atoms with van der Waals surface area (Å²) >= 11 is 0. The van der Waals surface area contributed by atoms with E-state index < -0.39 is 40.8 Å². The Balaban J connectivity index is 1.62. The minimum Gasteiger partial charge on any atom is -0.487 e. The van der Waals surface area contributed by atoms with Crippen LogP contribution in [0.25, 0.3) is 0 Å². The lowest BCUT2D eigenvalue weighted by molar-refractivity contribution is -0.127. The highest BCUT2D eigenvalue weighted by atomic mass is 32.2. The highest BCUT2D eigenvalue weighted by Gasteiger charge is 2.30. The molecule has 2 aromatic carbocycles. The minimum absolute atomic E-state index is 0.0751.